The molecule has 2 aliphatic heterocycles. The van der Waals surface area contributed by atoms with Gasteiger partial charge in [0, 0.05) is 19.6 Å². The van der Waals surface area contributed by atoms with Gasteiger partial charge in [-0.15, -0.1) is 0 Å². The molecule has 1 atom stereocenters. The quantitative estimate of drug-likeness (QED) is 0.647. The predicted octanol–water partition coefficient (Wildman–Crippen LogP) is -0.551. The number of hydrogen-bond acceptors (Lipinski definition) is 6. The first-order valence-corrected chi connectivity index (χ1v) is 10.2. The van der Waals surface area contributed by atoms with E-state index in [1.54, 1.807) is 19.1 Å². The predicted molar refractivity (Wildman–Crippen MR) is 95.6 cm³/mol. The summed E-state index contributed by atoms with van der Waals surface area (Å²) in [6.07, 6.45) is -0.170. The van der Waals surface area contributed by atoms with Gasteiger partial charge in [-0.25, -0.2) is 8.42 Å². The van der Waals surface area contributed by atoms with Gasteiger partial charge in [-0.1, -0.05) is 12.1 Å². The van der Waals surface area contributed by atoms with E-state index in [4.69, 9.17) is 4.74 Å². The van der Waals surface area contributed by atoms with Gasteiger partial charge in [-0.3, -0.25) is 19.3 Å². The highest BCUT2D eigenvalue weighted by Gasteiger charge is 2.36. The third kappa shape index (κ3) is 4.18. The molecule has 1 aromatic carbocycles. The molecule has 0 bridgehead atoms. The molecule has 0 saturated carbocycles. The van der Waals surface area contributed by atoms with Crippen LogP contribution in [-0.2, 0) is 19.6 Å². The van der Waals surface area contributed by atoms with Crippen molar-refractivity contribution in [3.8, 4) is 0 Å². The van der Waals surface area contributed by atoms with E-state index in [1.807, 2.05) is 0 Å². The Bertz CT molecular complexity index is 834. The number of ether oxygens (including phenoxy) is 1. The molecule has 146 valence electrons. The number of nitrogens with one attached hydrogen (secondary N) is 1. The van der Waals surface area contributed by atoms with E-state index < -0.39 is 34.3 Å². The van der Waals surface area contributed by atoms with Gasteiger partial charge in [-0.05, 0) is 19.1 Å². The van der Waals surface area contributed by atoms with E-state index >= 15 is 0 Å². The summed E-state index contributed by atoms with van der Waals surface area (Å²) in [5, 5.41) is 2.46. The molecule has 1 saturated heterocycles. The molecular formula is C17H21N3O6S. The van der Waals surface area contributed by atoms with Crippen molar-refractivity contribution in [2.45, 2.75) is 13.0 Å². The van der Waals surface area contributed by atoms with Crippen molar-refractivity contribution in [3.05, 3.63) is 35.4 Å². The summed E-state index contributed by atoms with van der Waals surface area (Å²) in [7, 11) is -3.51. The van der Waals surface area contributed by atoms with E-state index in [1.165, 1.54) is 16.4 Å². The van der Waals surface area contributed by atoms with Gasteiger partial charge in [-0.2, -0.15) is 4.31 Å². The Kier molecular flexibility index (Phi) is 5.59. The Balaban J connectivity index is 1.51. The Morgan fingerprint density at radius 3 is 2.44 bits per heavy atom. The summed E-state index contributed by atoms with van der Waals surface area (Å²) in [6, 6.07) is 6.35. The molecule has 0 spiro atoms. The third-order valence-corrected chi connectivity index (χ3v) is 6.30. The lowest BCUT2D eigenvalue weighted by atomic mass is 10.1. The van der Waals surface area contributed by atoms with E-state index in [-0.39, 0.29) is 42.6 Å². The third-order valence-electron chi connectivity index (χ3n) is 4.46. The smallest absolute Gasteiger partial charge is 0.262 e. The van der Waals surface area contributed by atoms with Crippen LogP contribution in [0.15, 0.2) is 24.3 Å². The first-order chi connectivity index (χ1) is 12.8. The van der Waals surface area contributed by atoms with Crippen LogP contribution in [-0.4, -0.2) is 80.0 Å². The number of carbonyl (C=O) groups is 3. The number of carbonyl (C=O) groups excluding carboxylic acids is 3. The molecular weight excluding hydrogens is 374 g/mol. The second kappa shape index (κ2) is 7.75. The van der Waals surface area contributed by atoms with Crippen molar-refractivity contribution in [1.82, 2.24) is 14.5 Å². The maximum Gasteiger partial charge on any atom is 0.262 e. The number of sulfonamides is 1. The standard InChI is InChI=1S/C17H21N3O6S/c1-12-10-19(7-8-26-12)27(24,25)9-6-18-15(21)11-20-16(22)13-4-2-3-5-14(13)17(20)23/h2-5,12H,6-11H2,1H3,(H,18,21). The first kappa shape index (κ1) is 19.5. The second-order valence-electron chi connectivity index (χ2n) is 6.45. The molecule has 9 nitrogen and oxygen atoms in total. The monoisotopic (exact) mass is 395 g/mol. The Labute approximate surface area is 157 Å². The van der Waals surface area contributed by atoms with Crippen LogP contribution in [0.5, 0.6) is 0 Å². The normalized spacial score (nSPS) is 20.6. The topological polar surface area (TPSA) is 113 Å². The van der Waals surface area contributed by atoms with Crippen molar-refractivity contribution < 1.29 is 27.5 Å². The zero-order chi connectivity index (χ0) is 19.6. The van der Waals surface area contributed by atoms with Gasteiger partial charge >= 0.3 is 0 Å². The van der Waals surface area contributed by atoms with Gasteiger partial charge in [0.05, 0.1) is 29.6 Å². The van der Waals surface area contributed by atoms with Crippen LogP contribution in [0.25, 0.3) is 0 Å². The zero-order valence-corrected chi connectivity index (χ0v) is 15.7. The maximum atomic E-state index is 12.3. The Hall–Kier alpha value is -2.30. The minimum Gasteiger partial charge on any atom is -0.376 e. The molecule has 3 rings (SSSR count). The molecule has 1 aromatic rings. The first-order valence-electron chi connectivity index (χ1n) is 8.61. The van der Waals surface area contributed by atoms with Crippen molar-refractivity contribution >= 4 is 27.7 Å². The van der Waals surface area contributed by atoms with Crippen molar-refractivity contribution in [1.29, 1.82) is 0 Å². The summed E-state index contributed by atoms with van der Waals surface area (Å²) in [5.74, 6) is -1.90. The highest BCUT2D eigenvalue weighted by molar-refractivity contribution is 7.89. The van der Waals surface area contributed by atoms with E-state index in [0.717, 1.165) is 4.90 Å². The number of fused-ring (bicyclic) bond motifs is 1. The number of nitrogens with zero attached hydrogens (tertiary/aromatic N) is 2. The fourth-order valence-corrected chi connectivity index (χ4v) is 4.48. The van der Waals surface area contributed by atoms with Crippen LogP contribution in [0, 0.1) is 0 Å². The van der Waals surface area contributed by atoms with E-state index in [9.17, 15) is 22.8 Å². The van der Waals surface area contributed by atoms with Crippen LogP contribution in [0.2, 0.25) is 0 Å². The van der Waals surface area contributed by atoms with E-state index in [0.29, 0.717) is 6.61 Å². The molecule has 0 radical (unpaired) electrons. The average molecular weight is 395 g/mol. The lowest BCUT2D eigenvalue weighted by Gasteiger charge is -2.30. The van der Waals surface area contributed by atoms with Crippen LogP contribution in [0.4, 0.5) is 0 Å². The van der Waals surface area contributed by atoms with Crippen LogP contribution >= 0.6 is 0 Å². The fourth-order valence-electron chi connectivity index (χ4n) is 3.07. The molecule has 1 unspecified atom stereocenters. The molecule has 1 fully saturated rings. The van der Waals surface area contributed by atoms with Crippen molar-refractivity contribution in [3.63, 3.8) is 0 Å². The molecule has 3 amide bonds. The van der Waals surface area contributed by atoms with Crippen LogP contribution < -0.4 is 5.32 Å². The summed E-state index contributed by atoms with van der Waals surface area (Å²) in [6.45, 7) is 2.16. The lowest BCUT2D eigenvalue weighted by molar-refractivity contribution is -0.121. The van der Waals surface area contributed by atoms with Crippen molar-refractivity contribution in [2.75, 3.05) is 38.5 Å². The molecule has 2 aliphatic rings. The minimum absolute atomic E-state index is 0.101. The number of rotatable bonds is 6. The van der Waals surface area contributed by atoms with Crippen LogP contribution in [0.3, 0.4) is 0 Å². The van der Waals surface area contributed by atoms with Crippen molar-refractivity contribution in [2.24, 2.45) is 0 Å². The fraction of sp³-hybridized carbons (Fsp3) is 0.471. The number of imide groups is 1. The Morgan fingerprint density at radius 2 is 1.85 bits per heavy atom. The van der Waals surface area contributed by atoms with Gasteiger partial charge in [0.15, 0.2) is 0 Å². The largest absolute Gasteiger partial charge is 0.376 e. The molecule has 0 aromatic heterocycles. The van der Waals surface area contributed by atoms with Gasteiger partial charge in [0.25, 0.3) is 11.8 Å². The second-order valence-corrected chi connectivity index (χ2v) is 8.54. The molecule has 2 heterocycles. The minimum atomic E-state index is -3.51. The van der Waals surface area contributed by atoms with E-state index in [2.05, 4.69) is 5.32 Å². The van der Waals surface area contributed by atoms with Gasteiger partial charge in [0.1, 0.15) is 6.54 Å². The number of amides is 3. The Morgan fingerprint density at radius 1 is 1.22 bits per heavy atom. The number of benzene rings is 1. The molecule has 10 heteroatoms. The highest BCUT2D eigenvalue weighted by Crippen LogP contribution is 2.21. The molecule has 1 N–H and O–H groups in total. The van der Waals surface area contributed by atoms with Gasteiger partial charge in [0.2, 0.25) is 15.9 Å². The van der Waals surface area contributed by atoms with Gasteiger partial charge < -0.3 is 10.1 Å². The summed E-state index contributed by atoms with van der Waals surface area (Å²) in [5.41, 5.74) is 0.527. The number of morpholine rings is 1. The number of hydrogen-bond donors (Lipinski definition) is 1. The zero-order valence-electron chi connectivity index (χ0n) is 14.9. The van der Waals surface area contributed by atoms with Crippen LogP contribution in [0.1, 0.15) is 27.6 Å². The summed E-state index contributed by atoms with van der Waals surface area (Å²) in [4.78, 5) is 37.4. The maximum absolute atomic E-state index is 12.3. The molecule has 0 aliphatic carbocycles. The summed E-state index contributed by atoms with van der Waals surface area (Å²) >= 11 is 0. The summed E-state index contributed by atoms with van der Waals surface area (Å²) < 4.78 is 31.3. The molecule has 27 heavy (non-hydrogen) atoms. The average Bonchev–Trinajstić information content (AvgIpc) is 2.87. The SMILES string of the molecule is CC1CN(S(=O)(=O)CCNC(=O)CN2C(=O)c3ccccc3C2=O)CCO1. The lowest BCUT2D eigenvalue weighted by Crippen LogP contribution is -2.47. The highest BCUT2D eigenvalue weighted by atomic mass is 32.2.